The van der Waals surface area contributed by atoms with Gasteiger partial charge in [0.2, 0.25) is 0 Å². The van der Waals surface area contributed by atoms with Crippen LogP contribution in [0.1, 0.15) is 15.9 Å². The van der Waals surface area contributed by atoms with E-state index in [0.717, 1.165) is 0 Å². The lowest BCUT2D eigenvalue weighted by atomic mass is 10.1. The summed E-state index contributed by atoms with van der Waals surface area (Å²) in [5.74, 6) is -0.976. The van der Waals surface area contributed by atoms with Crippen LogP contribution in [-0.2, 0) is 0 Å². The van der Waals surface area contributed by atoms with Crippen LogP contribution in [0.3, 0.4) is 0 Å². The van der Waals surface area contributed by atoms with Crippen LogP contribution in [0.4, 0.5) is 11.4 Å². The fourth-order valence-electron chi connectivity index (χ4n) is 1.57. The lowest BCUT2D eigenvalue weighted by molar-refractivity contribution is 0.0697. The minimum atomic E-state index is -0.976. The van der Waals surface area contributed by atoms with Gasteiger partial charge >= 0.3 is 5.97 Å². The molecule has 2 aromatic rings. The molecule has 4 nitrogen and oxygen atoms in total. The number of rotatable bonds is 3. The molecule has 0 spiro atoms. The maximum Gasteiger partial charge on any atom is 0.335 e. The summed E-state index contributed by atoms with van der Waals surface area (Å²) in [5.41, 5.74) is 1.95. The van der Waals surface area contributed by atoms with Crippen molar-refractivity contribution < 1.29 is 9.90 Å². The number of carboxylic acid groups (broad SMARTS) is 1. The van der Waals surface area contributed by atoms with Crippen LogP contribution in [0.15, 0.2) is 42.5 Å². The number of carbonyl (C=O) groups is 1. The number of halogens is 1. The second kappa shape index (κ2) is 5.42. The Morgan fingerprint density at radius 3 is 2.47 bits per heavy atom. The molecule has 0 fully saturated rings. The molecule has 2 aromatic carbocycles. The second-order valence-electron chi connectivity index (χ2n) is 3.81. The standard InChI is InChI=1S/C14H9ClN2O2/c15-11-3-6-13(10(7-11)8-16)17-12-4-1-9(2-5-12)14(18)19/h1-7,17H,(H,18,19). The predicted molar refractivity (Wildman–Crippen MR) is 72.9 cm³/mol. The van der Waals surface area contributed by atoms with Gasteiger partial charge < -0.3 is 10.4 Å². The SMILES string of the molecule is N#Cc1cc(Cl)ccc1Nc1ccc(C(=O)O)cc1. The second-order valence-corrected chi connectivity index (χ2v) is 4.25. The highest BCUT2D eigenvalue weighted by Gasteiger charge is 2.05. The Bertz CT molecular complexity index is 660. The summed E-state index contributed by atoms with van der Waals surface area (Å²) < 4.78 is 0. The predicted octanol–water partition coefficient (Wildman–Crippen LogP) is 3.65. The van der Waals surface area contributed by atoms with E-state index in [4.69, 9.17) is 22.0 Å². The molecule has 0 unspecified atom stereocenters. The summed E-state index contributed by atoms with van der Waals surface area (Å²) >= 11 is 5.81. The largest absolute Gasteiger partial charge is 0.478 e. The van der Waals surface area contributed by atoms with Gasteiger partial charge in [0.05, 0.1) is 16.8 Å². The normalized spacial score (nSPS) is 9.68. The average molecular weight is 273 g/mol. The third-order valence-corrected chi connectivity index (χ3v) is 2.75. The molecule has 0 aromatic heterocycles. The van der Waals surface area contributed by atoms with Crippen molar-refractivity contribution in [1.29, 1.82) is 5.26 Å². The number of nitriles is 1. The van der Waals surface area contributed by atoms with E-state index in [9.17, 15) is 4.79 Å². The van der Waals surface area contributed by atoms with E-state index < -0.39 is 5.97 Å². The third kappa shape index (κ3) is 3.03. The van der Waals surface area contributed by atoms with Crippen molar-refractivity contribution in [3.8, 4) is 6.07 Å². The first-order chi connectivity index (χ1) is 9.10. The molecule has 2 N–H and O–H groups in total. The number of aromatic carboxylic acids is 1. The van der Waals surface area contributed by atoms with E-state index in [0.29, 0.717) is 22.0 Å². The third-order valence-electron chi connectivity index (χ3n) is 2.51. The quantitative estimate of drug-likeness (QED) is 0.894. The highest BCUT2D eigenvalue weighted by atomic mass is 35.5. The molecule has 0 amide bonds. The van der Waals surface area contributed by atoms with E-state index in [-0.39, 0.29) is 5.56 Å². The Balaban J connectivity index is 2.26. The van der Waals surface area contributed by atoms with E-state index in [1.807, 2.05) is 6.07 Å². The zero-order valence-electron chi connectivity index (χ0n) is 9.72. The Morgan fingerprint density at radius 2 is 1.89 bits per heavy atom. The van der Waals surface area contributed by atoms with E-state index in [2.05, 4.69) is 5.32 Å². The number of hydrogen-bond acceptors (Lipinski definition) is 3. The maximum atomic E-state index is 10.7. The van der Waals surface area contributed by atoms with Gasteiger partial charge in [0.25, 0.3) is 0 Å². The lowest BCUT2D eigenvalue weighted by Crippen LogP contribution is -1.97. The highest BCUT2D eigenvalue weighted by Crippen LogP contribution is 2.23. The van der Waals surface area contributed by atoms with Crippen LogP contribution in [0.25, 0.3) is 0 Å². The van der Waals surface area contributed by atoms with Crippen molar-refractivity contribution in [3.05, 3.63) is 58.6 Å². The molecule has 0 heterocycles. The molecule has 0 aliphatic carbocycles. The number of hydrogen-bond donors (Lipinski definition) is 2. The Morgan fingerprint density at radius 1 is 1.21 bits per heavy atom. The molecular weight excluding hydrogens is 264 g/mol. The molecule has 0 bridgehead atoms. The van der Waals surface area contributed by atoms with Gasteiger partial charge in [0.1, 0.15) is 6.07 Å². The summed E-state index contributed by atoms with van der Waals surface area (Å²) in [6.07, 6.45) is 0. The van der Waals surface area contributed by atoms with E-state index >= 15 is 0 Å². The molecule has 0 aliphatic rings. The first kappa shape index (κ1) is 12.9. The fraction of sp³-hybridized carbons (Fsp3) is 0. The van der Waals surface area contributed by atoms with Crippen LogP contribution in [0.2, 0.25) is 5.02 Å². The zero-order chi connectivity index (χ0) is 13.8. The van der Waals surface area contributed by atoms with Crippen molar-refractivity contribution in [2.75, 3.05) is 5.32 Å². The number of anilines is 2. The van der Waals surface area contributed by atoms with Gasteiger partial charge in [-0.3, -0.25) is 0 Å². The van der Waals surface area contributed by atoms with Gasteiger partial charge in [-0.15, -0.1) is 0 Å². The molecule has 0 saturated heterocycles. The first-order valence-corrected chi connectivity index (χ1v) is 5.78. The van der Waals surface area contributed by atoms with Gasteiger partial charge in [-0.1, -0.05) is 11.6 Å². The van der Waals surface area contributed by atoms with Crippen LogP contribution >= 0.6 is 11.6 Å². The van der Waals surface area contributed by atoms with Crippen molar-refractivity contribution in [2.24, 2.45) is 0 Å². The van der Waals surface area contributed by atoms with Gasteiger partial charge in [-0.25, -0.2) is 4.79 Å². The van der Waals surface area contributed by atoms with Crippen LogP contribution in [0.5, 0.6) is 0 Å². The first-order valence-electron chi connectivity index (χ1n) is 5.40. The Labute approximate surface area is 114 Å². The molecule has 0 radical (unpaired) electrons. The van der Waals surface area contributed by atoms with Crippen molar-refractivity contribution in [2.45, 2.75) is 0 Å². The minimum Gasteiger partial charge on any atom is -0.478 e. The van der Waals surface area contributed by atoms with Crippen molar-refractivity contribution >= 4 is 28.9 Å². The Kier molecular flexibility index (Phi) is 3.69. The van der Waals surface area contributed by atoms with E-state index in [1.54, 1.807) is 30.3 Å². The van der Waals surface area contributed by atoms with Gasteiger partial charge in [0.15, 0.2) is 0 Å². The monoisotopic (exact) mass is 272 g/mol. The maximum absolute atomic E-state index is 10.7. The smallest absolute Gasteiger partial charge is 0.335 e. The summed E-state index contributed by atoms with van der Waals surface area (Å²) in [5, 5.41) is 21.3. The number of benzene rings is 2. The van der Waals surface area contributed by atoms with Crippen molar-refractivity contribution in [3.63, 3.8) is 0 Å². The van der Waals surface area contributed by atoms with Gasteiger partial charge in [-0.2, -0.15) is 5.26 Å². The Hall–Kier alpha value is -2.51. The van der Waals surface area contributed by atoms with Crippen LogP contribution in [-0.4, -0.2) is 11.1 Å². The summed E-state index contributed by atoms with van der Waals surface area (Å²) in [6, 6.07) is 13.2. The van der Waals surface area contributed by atoms with Crippen LogP contribution in [0, 0.1) is 11.3 Å². The molecule has 0 saturated carbocycles. The van der Waals surface area contributed by atoms with Crippen molar-refractivity contribution in [1.82, 2.24) is 0 Å². The number of nitrogens with one attached hydrogen (secondary N) is 1. The zero-order valence-corrected chi connectivity index (χ0v) is 10.5. The van der Waals surface area contributed by atoms with Gasteiger partial charge in [0, 0.05) is 10.7 Å². The lowest BCUT2D eigenvalue weighted by Gasteiger charge is -2.08. The van der Waals surface area contributed by atoms with Gasteiger partial charge in [-0.05, 0) is 42.5 Å². The summed E-state index contributed by atoms with van der Waals surface area (Å²) in [4.78, 5) is 10.7. The molecule has 5 heteroatoms. The average Bonchev–Trinajstić information content (AvgIpc) is 2.41. The number of nitrogens with zero attached hydrogens (tertiary/aromatic N) is 1. The van der Waals surface area contributed by atoms with Crippen LogP contribution < -0.4 is 5.32 Å². The highest BCUT2D eigenvalue weighted by molar-refractivity contribution is 6.30. The topological polar surface area (TPSA) is 73.1 Å². The molecule has 19 heavy (non-hydrogen) atoms. The number of carboxylic acids is 1. The molecule has 0 aliphatic heterocycles. The fourth-order valence-corrected chi connectivity index (χ4v) is 1.74. The summed E-state index contributed by atoms with van der Waals surface area (Å²) in [6.45, 7) is 0. The summed E-state index contributed by atoms with van der Waals surface area (Å²) in [7, 11) is 0. The molecule has 0 atom stereocenters. The molecular formula is C14H9ClN2O2. The minimum absolute atomic E-state index is 0.210. The molecule has 94 valence electrons. The molecule has 2 rings (SSSR count). The van der Waals surface area contributed by atoms with E-state index in [1.165, 1.54) is 12.1 Å².